The number of fused-ring (bicyclic) bond motifs is 3. The largest absolute Gasteiger partial charge is 0.493 e. The highest BCUT2D eigenvalue weighted by molar-refractivity contribution is 5.95. The summed E-state index contributed by atoms with van der Waals surface area (Å²) in [5.41, 5.74) is -1.54. The van der Waals surface area contributed by atoms with Crippen LogP contribution >= 0.6 is 0 Å². The number of rotatable bonds is 5. The van der Waals surface area contributed by atoms with Gasteiger partial charge in [-0.15, -0.1) is 6.58 Å². The normalized spacial score (nSPS) is 38.5. The van der Waals surface area contributed by atoms with E-state index in [1.807, 2.05) is 13.0 Å². The molecule has 0 unspecified atom stereocenters. The van der Waals surface area contributed by atoms with E-state index in [2.05, 4.69) is 6.58 Å². The summed E-state index contributed by atoms with van der Waals surface area (Å²) in [7, 11) is 2.94. The molecule has 152 valence electrons. The van der Waals surface area contributed by atoms with Crippen molar-refractivity contribution in [3.05, 3.63) is 30.4 Å². The van der Waals surface area contributed by atoms with Crippen LogP contribution in [-0.4, -0.2) is 54.8 Å². The highest BCUT2D eigenvalue weighted by Crippen LogP contribution is 2.65. The molecule has 0 saturated heterocycles. The quantitative estimate of drug-likeness (QED) is 0.741. The Kier molecular flexibility index (Phi) is 4.45. The van der Waals surface area contributed by atoms with Crippen molar-refractivity contribution in [1.29, 1.82) is 0 Å². The molecule has 2 fully saturated rings. The van der Waals surface area contributed by atoms with E-state index in [1.54, 1.807) is 12.1 Å². The van der Waals surface area contributed by atoms with Gasteiger partial charge in [0.15, 0.2) is 22.9 Å². The van der Waals surface area contributed by atoms with Gasteiger partial charge in [0, 0.05) is 18.4 Å². The summed E-state index contributed by atoms with van der Waals surface area (Å²) in [5, 5.41) is 21.9. The van der Waals surface area contributed by atoms with E-state index in [4.69, 9.17) is 18.9 Å². The van der Waals surface area contributed by atoms with Crippen LogP contribution in [0, 0.1) is 11.3 Å². The zero-order valence-electron chi connectivity index (χ0n) is 16.3. The van der Waals surface area contributed by atoms with Crippen LogP contribution in [0.25, 0.3) is 0 Å². The molecule has 2 N–H and O–H groups in total. The highest BCUT2D eigenvalue weighted by Gasteiger charge is 2.73. The van der Waals surface area contributed by atoms with Crippen molar-refractivity contribution in [3.8, 4) is 17.2 Å². The van der Waals surface area contributed by atoms with Crippen LogP contribution in [-0.2, 0) is 9.53 Å². The maximum absolute atomic E-state index is 13.2. The minimum absolute atomic E-state index is 0.0887. The van der Waals surface area contributed by atoms with Gasteiger partial charge in [-0.25, -0.2) is 0 Å². The van der Waals surface area contributed by atoms with Gasteiger partial charge in [0.25, 0.3) is 0 Å². The molecular formula is C21H26O7. The number of aliphatic hydroxyl groups excluding tert-OH is 2. The van der Waals surface area contributed by atoms with E-state index in [9.17, 15) is 15.0 Å². The Morgan fingerprint density at radius 2 is 2.07 bits per heavy atom. The predicted molar refractivity (Wildman–Crippen MR) is 99.6 cm³/mol. The van der Waals surface area contributed by atoms with Gasteiger partial charge >= 0.3 is 0 Å². The van der Waals surface area contributed by atoms with Gasteiger partial charge in [0.1, 0.15) is 6.10 Å². The fraction of sp³-hybridized carbons (Fsp3) is 0.571. The zero-order valence-corrected chi connectivity index (χ0v) is 16.3. The van der Waals surface area contributed by atoms with Crippen molar-refractivity contribution < 1.29 is 34.0 Å². The Morgan fingerprint density at radius 1 is 1.32 bits per heavy atom. The summed E-state index contributed by atoms with van der Waals surface area (Å²) >= 11 is 0. The summed E-state index contributed by atoms with van der Waals surface area (Å²) in [4.78, 5) is 13.2. The number of Topliss-reactive ketones (excluding diaryl/α,β-unsaturated/α-hetero) is 1. The smallest absolute Gasteiger partial charge is 0.231 e. The van der Waals surface area contributed by atoms with Crippen molar-refractivity contribution in [2.75, 3.05) is 21.0 Å². The maximum atomic E-state index is 13.2. The fourth-order valence-corrected chi connectivity index (χ4v) is 5.70. The van der Waals surface area contributed by atoms with E-state index < -0.39 is 34.9 Å². The molecule has 1 aromatic carbocycles. The molecular weight excluding hydrogens is 364 g/mol. The van der Waals surface area contributed by atoms with Crippen molar-refractivity contribution in [2.45, 2.75) is 43.5 Å². The second kappa shape index (κ2) is 6.47. The number of ether oxygens (including phenoxy) is 4. The first-order valence-corrected chi connectivity index (χ1v) is 9.41. The van der Waals surface area contributed by atoms with E-state index >= 15 is 0 Å². The number of ketones is 1. The van der Waals surface area contributed by atoms with Gasteiger partial charge in [0.05, 0.1) is 13.2 Å². The van der Waals surface area contributed by atoms with Crippen LogP contribution in [0.4, 0.5) is 0 Å². The molecule has 3 aliphatic rings. The summed E-state index contributed by atoms with van der Waals surface area (Å²) in [6, 6.07) is 3.60. The molecule has 6 atom stereocenters. The summed E-state index contributed by atoms with van der Waals surface area (Å²) in [6.07, 6.45) is 0.0829. The third kappa shape index (κ3) is 2.18. The average Bonchev–Trinajstić information content (AvgIpc) is 3.21. The van der Waals surface area contributed by atoms with Gasteiger partial charge in [-0.05, 0) is 36.5 Å². The molecule has 1 aromatic rings. The third-order valence-electron chi connectivity index (χ3n) is 6.98. The van der Waals surface area contributed by atoms with Crippen LogP contribution in [0.15, 0.2) is 24.8 Å². The summed E-state index contributed by atoms with van der Waals surface area (Å²) in [5.74, 6) is 0.360. The maximum Gasteiger partial charge on any atom is 0.231 e. The molecule has 0 amide bonds. The highest BCUT2D eigenvalue weighted by atomic mass is 16.7. The molecule has 0 spiro atoms. The third-order valence-corrected chi connectivity index (χ3v) is 6.98. The lowest BCUT2D eigenvalue weighted by Crippen LogP contribution is -2.62. The lowest BCUT2D eigenvalue weighted by Gasteiger charge is -2.45. The van der Waals surface area contributed by atoms with Crippen molar-refractivity contribution >= 4 is 5.78 Å². The topological polar surface area (TPSA) is 94.5 Å². The van der Waals surface area contributed by atoms with E-state index in [0.29, 0.717) is 23.7 Å². The molecule has 7 heteroatoms. The minimum atomic E-state index is -1.56. The van der Waals surface area contributed by atoms with Gasteiger partial charge in [0.2, 0.25) is 12.5 Å². The van der Waals surface area contributed by atoms with Gasteiger partial charge in [-0.2, -0.15) is 0 Å². The molecule has 1 heterocycles. The Balaban J connectivity index is 1.94. The second-order valence-corrected chi connectivity index (χ2v) is 7.93. The number of hydrogen-bond acceptors (Lipinski definition) is 7. The van der Waals surface area contributed by atoms with Crippen LogP contribution in [0.3, 0.4) is 0 Å². The first kappa shape index (κ1) is 19.2. The molecule has 2 bridgehead atoms. The van der Waals surface area contributed by atoms with Crippen LogP contribution in [0.2, 0.25) is 0 Å². The SMILES string of the molecule is C=CC[C@@]12C[C@@H](O)C(=O)[C@@](OC)([C@H](c3cc(OC)c4c(c3)OCO4)[C@H]1C)[C@H]2O. The fourth-order valence-electron chi connectivity index (χ4n) is 5.70. The van der Waals surface area contributed by atoms with Gasteiger partial charge in [-0.1, -0.05) is 13.0 Å². The lowest BCUT2D eigenvalue weighted by molar-refractivity contribution is -0.184. The van der Waals surface area contributed by atoms with Gasteiger partial charge in [-0.3, -0.25) is 4.79 Å². The summed E-state index contributed by atoms with van der Waals surface area (Å²) in [6.45, 7) is 5.90. The zero-order chi connectivity index (χ0) is 20.3. The van der Waals surface area contributed by atoms with Crippen molar-refractivity contribution in [1.82, 2.24) is 0 Å². The molecule has 4 rings (SSSR count). The number of carbonyl (C=O) groups is 1. The first-order chi connectivity index (χ1) is 13.4. The van der Waals surface area contributed by atoms with Gasteiger partial charge < -0.3 is 29.2 Å². The number of benzene rings is 1. The Bertz CT molecular complexity index is 821. The predicted octanol–water partition coefficient (Wildman–Crippen LogP) is 1.80. The molecule has 0 radical (unpaired) electrons. The van der Waals surface area contributed by atoms with Crippen LogP contribution < -0.4 is 14.2 Å². The van der Waals surface area contributed by atoms with Crippen LogP contribution in [0.5, 0.6) is 17.2 Å². The lowest BCUT2D eigenvalue weighted by atomic mass is 9.65. The molecule has 7 nitrogen and oxygen atoms in total. The molecule has 1 aliphatic heterocycles. The number of aliphatic hydroxyl groups is 2. The van der Waals surface area contributed by atoms with Crippen molar-refractivity contribution in [3.63, 3.8) is 0 Å². The number of hydrogen-bond donors (Lipinski definition) is 2. The monoisotopic (exact) mass is 390 g/mol. The number of allylic oxidation sites excluding steroid dienone is 1. The standard InChI is InChI=1S/C21H26O7/c1-5-6-20-9-13(22)18(23)21(26-4,19(20)24)16(11(20)2)12-7-14(25-3)17-15(8-12)27-10-28-17/h5,7-8,11,13,16,19,22,24H,1,6,9-10H2,2-4H3/t11-,13-,16+,19+,20-,21+/m1/s1. The summed E-state index contributed by atoms with van der Waals surface area (Å²) < 4.78 is 22.2. The number of carbonyl (C=O) groups excluding carboxylic acids is 1. The molecule has 28 heavy (non-hydrogen) atoms. The Morgan fingerprint density at radius 3 is 2.71 bits per heavy atom. The average molecular weight is 390 g/mol. The number of methoxy groups -OCH3 is 2. The Hall–Kier alpha value is -2.09. The minimum Gasteiger partial charge on any atom is -0.493 e. The molecule has 2 aliphatic carbocycles. The second-order valence-electron chi connectivity index (χ2n) is 7.93. The van der Waals surface area contributed by atoms with Crippen LogP contribution in [0.1, 0.15) is 31.2 Å². The Labute approximate surface area is 163 Å². The van der Waals surface area contributed by atoms with E-state index in [0.717, 1.165) is 5.56 Å². The first-order valence-electron chi connectivity index (χ1n) is 9.41. The molecule has 0 aromatic heterocycles. The van der Waals surface area contributed by atoms with E-state index in [1.165, 1.54) is 14.2 Å². The molecule has 2 saturated carbocycles. The van der Waals surface area contributed by atoms with E-state index in [-0.39, 0.29) is 19.1 Å². The van der Waals surface area contributed by atoms with Crippen molar-refractivity contribution in [2.24, 2.45) is 11.3 Å².